The summed E-state index contributed by atoms with van der Waals surface area (Å²) in [5.74, 6) is 0.807. The van der Waals surface area contributed by atoms with E-state index < -0.39 is 0 Å². The molecule has 5 nitrogen and oxygen atoms in total. The zero-order chi connectivity index (χ0) is 19.2. The lowest BCUT2D eigenvalue weighted by Crippen LogP contribution is -2.36. The summed E-state index contributed by atoms with van der Waals surface area (Å²) in [4.78, 5) is 27.1. The predicted octanol–water partition coefficient (Wildman–Crippen LogP) is 3.81. The Labute approximate surface area is 160 Å². The van der Waals surface area contributed by atoms with Crippen molar-refractivity contribution in [2.45, 2.75) is 45.6 Å². The third kappa shape index (κ3) is 5.07. The molecule has 144 valence electrons. The minimum atomic E-state index is -0.0931. The van der Waals surface area contributed by atoms with Gasteiger partial charge in [-0.2, -0.15) is 0 Å². The van der Waals surface area contributed by atoms with Crippen molar-refractivity contribution in [2.24, 2.45) is 0 Å². The topological polar surface area (TPSA) is 62.6 Å². The molecule has 0 bridgehead atoms. The number of furan rings is 1. The molecule has 3 rings (SSSR count). The first kappa shape index (κ1) is 19.4. The van der Waals surface area contributed by atoms with Crippen LogP contribution in [0.3, 0.4) is 0 Å². The van der Waals surface area contributed by atoms with Crippen molar-refractivity contribution in [3.63, 3.8) is 0 Å². The highest BCUT2D eigenvalue weighted by atomic mass is 16.3. The van der Waals surface area contributed by atoms with Gasteiger partial charge in [-0.25, -0.2) is 0 Å². The highest BCUT2D eigenvalue weighted by Gasteiger charge is 2.26. The Morgan fingerprint density at radius 2 is 1.93 bits per heavy atom. The Morgan fingerprint density at radius 1 is 1.15 bits per heavy atom. The van der Waals surface area contributed by atoms with Crippen LogP contribution < -0.4 is 5.32 Å². The van der Waals surface area contributed by atoms with Crippen molar-refractivity contribution in [2.75, 3.05) is 19.6 Å². The number of rotatable bonds is 8. The first-order chi connectivity index (χ1) is 13.0. The third-order valence-electron chi connectivity index (χ3n) is 5.22. The highest BCUT2D eigenvalue weighted by molar-refractivity contribution is 5.99. The van der Waals surface area contributed by atoms with Gasteiger partial charge in [-0.3, -0.25) is 14.5 Å². The number of hydrogen-bond donors (Lipinski definition) is 1. The number of nitrogens with one attached hydrogen (secondary N) is 1. The second-order valence-corrected chi connectivity index (χ2v) is 7.32. The fourth-order valence-corrected chi connectivity index (χ4v) is 3.64. The molecule has 1 saturated heterocycles. The van der Waals surface area contributed by atoms with Gasteiger partial charge in [0.2, 0.25) is 5.91 Å². The zero-order valence-corrected chi connectivity index (χ0v) is 16.2. The quantitative estimate of drug-likeness (QED) is 0.720. The van der Waals surface area contributed by atoms with Crippen LogP contribution in [0.4, 0.5) is 0 Å². The number of Topliss-reactive ketones (excluding diaryl/α,β-unsaturated/α-hetero) is 1. The van der Waals surface area contributed by atoms with E-state index in [1.54, 1.807) is 6.26 Å². The van der Waals surface area contributed by atoms with Gasteiger partial charge < -0.3 is 9.73 Å². The van der Waals surface area contributed by atoms with E-state index in [4.69, 9.17) is 4.42 Å². The molecule has 2 heterocycles. The number of ketones is 1. The molecule has 0 saturated carbocycles. The van der Waals surface area contributed by atoms with Gasteiger partial charge in [0.05, 0.1) is 12.3 Å². The maximum absolute atomic E-state index is 12.5. The number of likely N-dealkylation sites (tertiary alicyclic amines) is 1. The number of carbonyl (C=O) groups is 2. The monoisotopic (exact) mass is 368 g/mol. The number of carbonyl (C=O) groups excluding carboxylic acids is 2. The molecule has 1 aliphatic rings. The van der Waals surface area contributed by atoms with Crippen LogP contribution in [0.2, 0.25) is 0 Å². The van der Waals surface area contributed by atoms with Gasteiger partial charge in [0.1, 0.15) is 5.76 Å². The Bertz CT molecular complexity index is 777. The fourth-order valence-electron chi connectivity index (χ4n) is 3.64. The number of hydrogen-bond acceptors (Lipinski definition) is 4. The van der Waals surface area contributed by atoms with E-state index in [1.807, 2.05) is 44.2 Å². The van der Waals surface area contributed by atoms with Crippen LogP contribution in [0.15, 0.2) is 41.0 Å². The van der Waals surface area contributed by atoms with E-state index >= 15 is 0 Å². The van der Waals surface area contributed by atoms with E-state index in [0.29, 0.717) is 12.1 Å². The van der Waals surface area contributed by atoms with E-state index in [-0.39, 0.29) is 30.6 Å². The molecule has 27 heavy (non-hydrogen) atoms. The van der Waals surface area contributed by atoms with E-state index in [9.17, 15) is 9.59 Å². The lowest BCUT2D eigenvalue weighted by atomic mass is 9.99. The van der Waals surface area contributed by atoms with Gasteiger partial charge in [-0.05, 0) is 63.5 Å². The summed E-state index contributed by atoms with van der Waals surface area (Å²) < 4.78 is 5.57. The minimum absolute atomic E-state index is 0.0217. The second kappa shape index (κ2) is 9.00. The molecule has 1 aliphatic heterocycles. The molecule has 2 aromatic rings. The van der Waals surface area contributed by atoms with Crippen LogP contribution in [0.25, 0.3) is 0 Å². The largest absolute Gasteiger partial charge is 0.468 e. The van der Waals surface area contributed by atoms with E-state index in [0.717, 1.165) is 30.0 Å². The van der Waals surface area contributed by atoms with Crippen LogP contribution in [-0.4, -0.2) is 36.2 Å². The van der Waals surface area contributed by atoms with Crippen molar-refractivity contribution in [1.29, 1.82) is 0 Å². The summed E-state index contributed by atoms with van der Waals surface area (Å²) in [6.45, 7) is 6.44. The number of aryl methyl sites for hydroxylation is 2. The zero-order valence-electron chi connectivity index (χ0n) is 16.2. The lowest BCUT2D eigenvalue weighted by molar-refractivity contribution is -0.121. The van der Waals surface area contributed by atoms with E-state index in [1.165, 1.54) is 12.8 Å². The van der Waals surface area contributed by atoms with Gasteiger partial charge in [0.25, 0.3) is 0 Å². The molecule has 1 unspecified atom stereocenters. The van der Waals surface area contributed by atoms with Crippen LogP contribution in [0.5, 0.6) is 0 Å². The second-order valence-electron chi connectivity index (χ2n) is 7.32. The molecule has 0 aliphatic carbocycles. The standard InChI is InChI=1S/C22H28N2O3/c1-16-7-8-17(2)18(14-16)20(25)9-10-22(26)23-15-19(21-6-5-13-27-21)24-11-3-4-12-24/h5-8,13-14,19H,3-4,9-12,15H2,1-2H3,(H,23,26). The Morgan fingerprint density at radius 3 is 2.63 bits per heavy atom. The smallest absolute Gasteiger partial charge is 0.220 e. The average Bonchev–Trinajstić information content (AvgIpc) is 3.36. The Hall–Kier alpha value is -2.40. The third-order valence-corrected chi connectivity index (χ3v) is 5.22. The lowest BCUT2D eigenvalue weighted by Gasteiger charge is -2.26. The van der Waals surface area contributed by atoms with Crippen molar-refractivity contribution < 1.29 is 14.0 Å². The first-order valence-electron chi connectivity index (χ1n) is 9.69. The molecule has 1 amide bonds. The molecule has 1 aromatic heterocycles. The molecule has 0 spiro atoms. The molecule has 5 heteroatoms. The maximum atomic E-state index is 12.5. The van der Waals surface area contributed by atoms with Gasteiger partial charge in [0.15, 0.2) is 5.78 Å². The fraction of sp³-hybridized carbons (Fsp3) is 0.455. The van der Waals surface area contributed by atoms with Gasteiger partial charge >= 0.3 is 0 Å². The van der Waals surface area contributed by atoms with Crippen molar-refractivity contribution >= 4 is 11.7 Å². The summed E-state index contributed by atoms with van der Waals surface area (Å²) in [6, 6.07) is 9.73. The molecular formula is C22H28N2O3. The molecule has 0 radical (unpaired) electrons. The first-order valence-corrected chi connectivity index (χ1v) is 9.69. The molecule has 1 atom stereocenters. The summed E-state index contributed by atoms with van der Waals surface area (Å²) in [5.41, 5.74) is 2.73. The van der Waals surface area contributed by atoms with Crippen LogP contribution in [-0.2, 0) is 4.79 Å². The van der Waals surface area contributed by atoms with Crippen LogP contribution in [0.1, 0.15) is 59.0 Å². The van der Waals surface area contributed by atoms with Crippen molar-refractivity contribution in [3.8, 4) is 0 Å². The molecule has 1 aromatic carbocycles. The number of amides is 1. The summed E-state index contributed by atoms with van der Waals surface area (Å²) in [7, 11) is 0. The van der Waals surface area contributed by atoms with Crippen molar-refractivity contribution in [3.05, 3.63) is 59.0 Å². The Balaban J connectivity index is 1.52. The summed E-state index contributed by atoms with van der Waals surface area (Å²) >= 11 is 0. The van der Waals surface area contributed by atoms with Crippen LogP contribution >= 0.6 is 0 Å². The number of benzene rings is 1. The summed E-state index contributed by atoms with van der Waals surface area (Å²) in [6.07, 6.45) is 4.45. The predicted molar refractivity (Wildman–Crippen MR) is 105 cm³/mol. The van der Waals surface area contributed by atoms with Crippen LogP contribution in [0, 0.1) is 13.8 Å². The van der Waals surface area contributed by atoms with Crippen molar-refractivity contribution in [1.82, 2.24) is 10.2 Å². The van der Waals surface area contributed by atoms with Gasteiger partial charge in [-0.1, -0.05) is 17.7 Å². The average molecular weight is 368 g/mol. The SMILES string of the molecule is Cc1ccc(C)c(C(=O)CCC(=O)NCC(c2ccco2)N2CCCC2)c1. The van der Waals surface area contributed by atoms with Gasteiger partial charge in [-0.15, -0.1) is 0 Å². The minimum Gasteiger partial charge on any atom is -0.468 e. The maximum Gasteiger partial charge on any atom is 0.220 e. The molecular weight excluding hydrogens is 340 g/mol. The molecule has 1 N–H and O–H groups in total. The summed E-state index contributed by atoms with van der Waals surface area (Å²) in [5, 5.41) is 2.99. The molecule has 1 fully saturated rings. The Kier molecular flexibility index (Phi) is 6.45. The normalized spacial score (nSPS) is 15.6. The van der Waals surface area contributed by atoms with Gasteiger partial charge in [0, 0.05) is 24.9 Å². The number of nitrogens with zero attached hydrogens (tertiary/aromatic N) is 1. The van der Waals surface area contributed by atoms with E-state index in [2.05, 4.69) is 10.2 Å². The highest BCUT2D eigenvalue weighted by Crippen LogP contribution is 2.25.